The molecule has 158 valence electrons. The zero-order valence-electron chi connectivity index (χ0n) is 17.5. The van der Waals surface area contributed by atoms with E-state index >= 15 is 0 Å². The largest absolute Gasteiger partial charge is 0.489 e. The zero-order chi connectivity index (χ0) is 22.1. The zero-order valence-corrected chi connectivity index (χ0v) is 18.2. The number of aryl methyl sites for hydroxylation is 1. The van der Waals surface area contributed by atoms with Gasteiger partial charge in [-0.2, -0.15) is 0 Å². The van der Waals surface area contributed by atoms with Crippen LogP contribution in [-0.4, -0.2) is 28.5 Å². The quantitative estimate of drug-likeness (QED) is 0.460. The SMILES string of the molecule is Cc1cc(/C=C2/NC(=O)N(C)C2=O)c(C)n1-c1ccc(OCc2ccccc2Cl)cc1. The van der Waals surface area contributed by atoms with Gasteiger partial charge >= 0.3 is 6.03 Å². The summed E-state index contributed by atoms with van der Waals surface area (Å²) in [5.74, 6) is 0.408. The van der Waals surface area contributed by atoms with Gasteiger partial charge in [0, 0.05) is 34.7 Å². The van der Waals surface area contributed by atoms with Crippen LogP contribution in [0.2, 0.25) is 5.02 Å². The number of urea groups is 1. The maximum absolute atomic E-state index is 12.2. The van der Waals surface area contributed by atoms with Crippen molar-refractivity contribution < 1.29 is 14.3 Å². The molecule has 2 aromatic carbocycles. The molecule has 3 aromatic rings. The highest BCUT2D eigenvalue weighted by molar-refractivity contribution is 6.31. The molecule has 1 saturated heterocycles. The van der Waals surface area contributed by atoms with E-state index in [9.17, 15) is 9.59 Å². The van der Waals surface area contributed by atoms with E-state index in [0.717, 1.165) is 38.9 Å². The molecule has 7 heteroatoms. The number of rotatable bonds is 5. The molecule has 4 rings (SSSR count). The number of benzene rings is 2. The first kappa shape index (κ1) is 20.8. The minimum absolute atomic E-state index is 0.274. The lowest BCUT2D eigenvalue weighted by molar-refractivity contribution is -0.121. The Morgan fingerprint density at radius 2 is 1.77 bits per heavy atom. The summed E-state index contributed by atoms with van der Waals surface area (Å²) in [6, 6.07) is 17.0. The van der Waals surface area contributed by atoms with Crippen molar-refractivity contribution in [2.24, 2.45) is 0 Å². The Labute approximate surface area is 185 Å². The lowest BCUT2D eigenvalue weighted by atomic mass is 10.2. The van der Waals surface area contributed by atoms with Crippen LogP contribution in [0.4, 0.5) is 4.79 Å². The van der Waals surface area contributed by atoms with E-state index in [-0.39, 0.29) is 11.6 Å². The molecule has 1 aromatic heterocycles. The number of amides is 3. The Bertz CT molecular complexity index is 1200. The van der Waals surface area contributed by atoms with Gasteiger partial charge in [0.25, 0.3) is 5.91 Å². The summed E-state index contributed by atoms with van der Waals surface area (Å²) in [6.07, 6.45) is 1.71. The van der Waals surface area contributed by atoms with E-state index in [1.807, 2.05) is 68.4 Å². The second kappa shape index (κ2) is 8.32. The predicted octanol–water partition coefficient (Wildman–Crippen LogP) is 4.85. The van der Waals surface area contributed by atoms with Crippen molar-refractivity contribution >= 4 is 29.6 Å². The lowest BCUT2D eigenvalue weighted by Crippen LogP contribution is -2.25. The number of carbonyl (C=O) groups excluding carboxylic acids is 2. The van der Waals surface area contributed by atoms with Gasteiger partial charge in [0.15, 0.2) is 0 Å². The number of imide groups is 1. The van der Waals surface area contributed by atoms with Crippen molar-refractivity contribution in [1.82, 2.24) is 14.8 Å². The van der Waals surface area contributed by atoms with Gasteiger partial charge < -0.3 is 14.6 Å². The average Bonchev–Trinajstić information content (AvgIpc) is 3.17. The average molecular weight is 436 g/mol. The number of halogens is 1. The summed E-state index contributed by atoms with van der Waals surface area (Å²) in [5, 5.41) is 3.28. The maximum atomic E-state index is 12.2. The third-order valence-corrected chi connectivity index (χ3v) is 5.67. The van der Waals surface area contributed by atoms with Crippen LogP contribution in [0, 0.1) is 13.8 Å². The predicted molar refractivity (Wildman–Crippen MR) is 120 cm³/mol. The molecule has 1 fully saturated rings. The van der Waals surface area contributed by atoms with Gasteiger partial charge in [-0.15, -0.1) is 0 Å². The van der Waals surface area contributed by atoms with Crippen LogP contribution < -0.4 is 10.1 Å². The molecule has 31 heavy (non-hydrogen) atoms. The molecule has 1 N–H and O–H groups in total. The number of ether oxygens (including phenoxy) is 1. The molecule has 0 aliphatic carbocycles. The van der Waals surface area contributed by atoms with Gasteiger partial charge in [0.2, 0.25) is 0 Å². The molecule has 0 radical (unpaired) electrons. The highest BCUT2D eigenvalue weighted by Gasteiger charge is 2.30. The van der Waals surface area contributed by atoms with E-state index in [4.69, 9.17) is 16.3 Å². The summed E-state index contributed by atoms with van der Waals surface area (Å²) in [6.45, 7) is 4.37. The fourth-order valence-corrected chi connectivity index (χ4v) is 3.77. The molecule has 0 atom stereocenters. The molecule has 1 aliphatic heterocycles. The molecule has 1 aliphatic rings. The summed E-state index contributed by atoms with van der Waals surface area (Å²) in [7, 11) is 1.46. The maximum Gasteiger partial charge on any atom is 0.328 e. The second-order valence-electron chi connectivity index (χ2n) is 7.39. The smallest absolute Gasteiger partial charge is 0.328 e. The van der Waals surface area contributed by atoms with Gasteiger partial charge in [-0.25, -0.2) is 4.79 Å². The van der Waals surface area contributed by atoms with E-state index in [1.165, 1.54) is 7.05 Å². The number of hydrogen-bond donors (Lipinski definition) is 1. The lowest BCUT2D eigenvalue weighted by Gasteiger charge is -2.12. The molecular formula is C24H22ClN3O3. The molecule has 6 nitrogen and oxygen atoms in total. The molecular weight excluding hydrogens is 414 g/mol. The van der Waals surface area contributed by atoms with Crippen molar-refractivity contribution in [1.29, 1.82) is 0 Å². The monoisotopic (exact) mass is 435 g/mol. The fraction of sp³-hybridized carbons (Fsp3) is 0.167. The normalized spacial score (nSPS) is 15.0. The van der Waals surface area contributed by atoms with E-state index in [2.05, 4.69) is 9.88 Å². The molecule has 0 unspecified atom stereocenters. The molecule has 0 bridgehead atoms. The van der Waals surface area contributed by atoms with Gasteiger partial charge in [-0.1, -0.05) is 29.8 Å². The van der Waals surface area contributed by atoms with E-state index in [0.29, 0.717) is 11.6 Å². The highest BCUT2D eigenvalue weighted by Crippen LogP contribution is 2.26. The molecule has 0 spiro atoms. The first-order valence-corrected chi connectivity index (χ1v) is 10.2. The summed E-state index contributed by atoms with van der Waals surface area (Å²) in [4.78, 5) is 24.9. The Hall–Kier alpha value is -3.51. The van der Waals surface area contributed by atoms with Crippen molar-refractivity contribution in [3.05, 3.63) is 87.8 Å². The van der Waals surface area contributed by atoms with Crippen LogP contribution in [0.5, 0.6) is 5.75 Å². The van der Waals surface area contributed by atoms with Crippen molar-refractivity contribution in [2.75, 3.05) is 7.05 Å². The van der Waals surface area contributed by atoms with Crippen LogP contribution in [0.15, 0.2) is 60.3 Å². The number of likely N-dealkylation sites (N-methyl/N-ethyl adjacent to an activating group) is 1. The third kappa shape index (κ3) is 4.07. The minimum atomic E-state index is -0.419. The fourth-order valence-electron chi connectivity index (χ4n) is 3.58. The Morgan fingerprint density at radius 1 is 1.06 bits per heavy atom. The first-order valence-electron chi connectivity index (χ1n) is 9.81. The minimum Gasteiger partial charge on any atom is -0.489 e. The second-order valence-corrected chi connectivity index (χ2v) is 7.80. The van der Waals surface area contributed by atoms with Crippen molar-refractivity contribution in [3.8, 4) is 11.4 Å². The molecule has 2 heterocycles. The molecule has 3 amide bonds. The summed E-state index contributed by atoms with van der Waals surface area (Å²) in [5.41, 5.74) is 5.03. The van der Waals surface area contributed by atoms with Crippen LogP contribution in [-0.2, 0) is 11.4 Å². The van der Waals surface area contributed by atoms with Gasteiger partial charge in [0.1, 0.15) is 18.1 Å². The summed E-state index contributed by atoms with van der Waals surface area (Å²) >= 11 is 6.18. The third-order valence-electron chi connectivity index (χ3n) is 5.30. The standard InChI is InChI=1S/C24H22ClN3O3/c1-15-12-18(13-22-23(29)27(3)24(30)26-22)16(2)28(15)19-8-10-20(11-9-19)31-14-17-6-4-5-7-21(17)25/h4-13H,14H2,1-3H3,(H,26,30)/b22-13+. The van der Waals surface area contributed by atoms with Gasteiger partial charge in [-0.3, -0.25) is 9.69 Å². The van der Waals surface area contributed by atoms with Crippen molar-refractivity contribution in [2.45, 2.75) is 20.5 Å². The summed E-state index contributed by atoms with van der Waals surface area (Å²) < 4.78 is 7.96. The van der Waals surface area contributed by atoms with E-state index in [1.54, 1.807) is 6.08 Å². The number of nitrogens with one attached hydrogen (secondary N) is 1. The number of carbonyl (C=O) groups is 2. The Morgan fingerprint density at radius 3 is 2.42 bits per heavy atom. The van der Waals surface area contributed by atoms with Gasteiger partial charge in [0.05, 0.1) is 0 Å². The number of aromatic nitrogens is 1. The number of nitrogens with zero attached hydrogens (tertiary/aromatic N) is 2. The topological polar surface area (TPSA) is 63.6 Å². The van der Waals surface area contributed by atoms with Gasteiger partial charge in [-0.05, 0) is 61.9 Å². The molecule has 0 saturated carbocycles. The highest BCUT2D eigenvalue weighted by atomic mass is 35.5. The van der Waals surface area contributed by atoms with Crippen LogP contribution in [0.25, 0.3) is 11.8 Å². The van der Waals surface area contributed by atoms with E-state index < -0.39 is 6.03 Å². The Balaban J connectivity index is 1.54. The first-order chi connectivity index (χ1) is 14.8. The van der Waals surface area contributed by atoms with Crippen LogP contribution >= 0.6 is 11.6 Å². The number of hydrogen-bond acceptors (Lipinski definition) is 3. The van der Waals surface area contributed by atoms with Crippen LogP contribution in [0.3, 0.4) is 0 Å². The van der Waals surface area contributed by atoms with Crippen LogP contribution in [0.1, 0.15) is 22.5 Å². The Kier molecular flexibility index (Phi) is 5.57. The van der Waals surface area contributed by atoms with Crippen molar-refractivity contribution in [3.63, 3.8) is 0 Å².